The van der Waals surface area contributed by atoms with Crippen molar-refractivity contribution in [2.75, 3.05) is 37.1 Å². The number of anilines is 2. The maximum Gasteiger partial charge on any atom is 0.354 e. The van der Waals surface area contributed by atoms with Crippen molar-refractivity contribution in [2.45, 2.75) is 118 Å². The van der Waals surface area contributed by atoms with E-state index in [-0.39, 0.29) is 59.8 Å². The Labute approximate surface area is 519 Å². The third-order valence-corrected chi connectivity index (χ3v) is 16.7. The number of hydrogen-bond donors (Lipinski definition) is 7. The normalized spacial score (nSPS) is 13.5. The highest BCUT2D eigenvalue weighted by molar-refractivity contribution is 9.10. The fraction of sp³-hybridized carbons (Fsp3) is 0.367. The van der Waals surface area contributed by atoms with E-state index in [2.05, 4.69) is 85.5 Å². The Balaban J connectivity index is 0.000000194. The van der Waals surface area contributed by atoms with E-state index in [1.54, 1.807) is 24.3 Å². The van der Waals surface area contributed by atoms with E-state index >= 15 is 0 Å². The van der Waals surface area contributed by atoms with Crippen molar-refractivity contribution in [3.05, 3.63) is 161 Å². The molecule has 0 unspecified atom stereocenters. The van der Waals surface area contributed by atoms with Crippen molar-refractivity contribution >= 4 is 112 Å². The lowest BCUT2D eigenvalue weighted by molar-refractivity contribution is 0.0689. The third kappa shape index (κ3) is 16.4. The zero-order valence-electron chi connectivity index (χ0n) is 47.6. The van der Waals surface area contributed by atoms with Crippen LogP contribution in [0.25, 0.3) is 22.1 Å². The molecule has 2 fully saturated rings. The summed E-state index contributed by atoms with van der Waals surface area (Å²) in [6.45, 7) is 13.7. The van der Waals surface area contributed by atoms with Crippen LogP contribution in [0.1, 0.15) is 129 Å². The van der Waals surface area contributed by atoms with Gasteiger partial charge in [0.15, 0.2) is 11.3 Å². The molecule has 2 aromatic carbocycles. The number of amides is 3. The number of carbonyl (C=O) groups is 4. The molecule has 21 nitrogen and oxygen atoms in total. The molecule has 0 spiro atoms. The van der Waals surface area contributed by atoms with Gasteiger partial charge in [-0.15, -0.1) is 0 Å². The number of ether oxygens (including phenoxy) is 2. The number of carboxylic acid groups (broad SMARTS) is 1. The average Bonchev–Trinajstić information content (AvgIpc) is 2.58. The number of nitrogens with two attached hydrogens (primary N) is 1. The lowest BCUT2D eigenvalue weighted by Gasteiger charge is -2.26. The minimum atomic E-state index is -1.18. The first-order chi connectivity index (χ1) is 41.1. The summed E-state index contributed by atoms with van der Waals surface area (Å²) in [7, 11) is 0. The molecule has 0 bridgehead atoms. The molecule has 8 aromatic rings. The second kappa shape index (κ2) is 30.8. The second-order valence-corrected chi connectivity index (χ2v) is 22.4. The number of nitrogens with one attached hydrogen (secondary N) is 5. The van der Waals surface area contributed by atoms with Crippen molar-refractivity contribution in [1.29, 1.82) is 0 Å². The topological polar surface area (TPSA) is 280 Å². The summed E-state index contributed by atoms with van der Waals surface area (Å²) in [5, 5.41) is 37.5. The Bertz CT molecular complexity index is 3670. The zero-order chi connectivity index (χ0) is 60.6. The minimum Gasteiger partial charge on any atom is -0.477 e. The minimum absolute atomic E-state index is 0.0553. The van der Waals surface area contributed by atoms with Crippen LogP contribution in [-0.4, -0.2) is 107 Å². The first-order valence-electron chi connectivity index (χ1n) is 28.2. The highest BCUT2D eigenvalue weighted by atomic mass is 79.9. The number of hydrogen-bond acceptors (Lipinski definition) is 15. The summed E-state index contributed by atoms with van der Waals surface area (Å²) < 4.78 is 16.5. The zero-order valence-corrected chi connectivity index (χ0v) is 52.3. The number of aryl methyl sites for hydroxylation is 4. The molecule has 8 heterocycles. The number of fused-ring (bicyclic) bond motifs is 2. The number of aromatic carboxylic acids is 1. The Morgan fingerprint density at radius 3 is 1.39 bits per heavy atom. The van der Waals surface area contributed by atoms with Gasteiger partial charge < -0.3 is 46.9 Å². The first-order valence-corrected chi connectivity index (χ1v) is 30.5. The first kappa shape index (κ1) is 63.9. The van der Waals surface area contributed by atoms with Gasteiger partial charge >= 0.3 is 5.97 Å². The summed E-state index contributed by atoms with van der Waals surface area (Å²) in [5.74, 6) is -2.38. The van der Waals surface area contributed by atoms with Gasteiger partial charge in [0.25, 0.3) is 17.7 Å². The van der Waals surface area contributed by atoms with Crippen molar-refractivity contribution in [3.63, 3.8) is 0 Å². The summed E-state index contributed by atoms with van der Waals surface area (Å²) in [6.07, 6.45) is 8.61. The molecule has 25 heteroatoms. The van der Waals surface area contributed by atoms with Crippen LogP contribution in [0.15, 0.2) is 94.1 Å². The number of benzene rings is 2. The van der Waals surface area contributed by atoms with E-state index in [0.717, 1.165) is 107 Å². The molecule has 0 radical (unpaired) electrons. The fourth-order valence-corrected chi connectivity index (χ4v) is 10.8. The van der Waals surface area contributed by atoms with Gasteiger partial charge in [-0.3, -0.25) is 14.4 Å². The Morgan fingerprint density at radius 1 is 0.588 bits per heavy atom. The highest BCUT2D eigenvalue weighted by Gasteiger charge is 2.25. The van der Waals surface area contributed by atoms with Gasteiger partial charge in [-0.1, -0.05) is 61.3 Å². The molecule has 2 aliphatic heterocycles. The lowest BCUT2D eigenvalue weighted by Crippen LogP contribution is -2.30. The van der Waals surface area contributed by atoms with Gasteiger partial charge in [0.1, 0.15) is 22.8 Å². The highest BCUT2D eigenvalue weighted by Crippen LogP contribution is 2.33. The molecule has 0 aliphatic carbocycles. The van der Waals surface area contributed by atoms with Crippen LogP contribution in [0, 0.1) is 0 Å². The van der Waals surface area contributed by atoms with Crippen LogP contribution in [0.5, 0.6) is 0 Å². The number of carbonyl (C=O) groups excluding carboxylic acids is 3. The van der Waals surface area contributed by atoms with Crippen molar-refractivity contribution in [1.82, 2.24) is 55.4 Å². The Morgan fingerprint density at radius 2 is 0.988 bits per heavy atom. The number of aromatic nitrogens is 8. The SMILES string of the molecule is CCc1nc2c(cnn2CC)c(NC2CCOCC2)c1CNC(=O)c1cccc(C(=O)NCc2ccc(Cl)c(Br)c2)n1.CCc1nc2c(cnn2CC)c(NC2CCOCC2)c1CNC(=O)c1cccc(C(=O)O)n1.NCc1ccc(Cl)c(Br)c1. The molecule has 0 atom stereocenters. The summed E-state index contributed by atoms with van der Waals surface area (Å²) in [5.41, 5.74) is 14.6. The summed E-state index contributed by atoms with van der Waals surface area (Å²) in [4.78, 5) is 68.1. The van der Waals surface area contributed by atoms with Crippen LogP contribution >= 0.6 is 55.1 Å². The van der Waals surface area contributed by atoms with Gasteiger partial charge in [0, 0.05) is 109 Å². The van der Waals surface area contributed by atoms with E-state index in [9.17, 15) is 19.2 Å². The van der Waals surface area contributed by atoms with E-state index < -0.39 is 11.9 Å². The molecular formula is C60H68Br2Cl2N14O7. The van der Waals surface area contributed by atoms with Crippen LogP contribution in [0.3, 0.4) is 0 Å². The van der Waals surface area contributed by atoms with Crippen LogP contribution in [0.4, 0.5) is 11.4 Å². The maximum atomic E-state index is 13.3. The smallest absolute Gasteiger partial charge is 0.354 e. The monoisotopic (exact) mass is 1320 g/mol. The molecule has 85 heavy (non-hydrogen) atoms. The largest absolute Gasteiger partial charge is 0.477 e. The molecule has 8 N–H and O–H groups in total. The average molecular weight is 1330 g/mol. The van der Waals surface area contributed by atoms with Crippen molar-refractivity contribution in [3.8, 4) is 0 Å². The fourth-order valence-electron chi connectivity index (χ4n) is 9.68. The van der Waals surface area contributed by atoms with E-state index in [0.29, 0.717) is 70.5 Å². The molecule has 6 aromatic heterocycles. The third-order valence-electron chi connectivity index (χ3n) is 14.3. The van der Waals surface area contributed by atoms with Gasteiger partial charge in [0.05, 0.1) is 44.6 Å². The van der Waals surface area contributed by atoms with Gasteiger partial charge in [0.2, 0.25) is 0 Å². The van der Waals surface area contributed by atoms with E-state index in [1.807, 2.05) is 72.9 Å². The van der Waals surface area contributed by atoms with Crippen LogP contribution < -0.4 is 32.3 Å². The number of pyridine rings is 4. The molecule has 10 rings (SSSR count). The predicted molar refractivity (Wildman–Crippen MR) is 335 cm³/mol. The Kier molecular flexibility index (Phi) is 23.2. The maximum absolute atomic E-state index is 13.3. The Hall–Kier alpha value is -7.12. The number of halogens is 4. The van der Waals surface area contributed by atoms with E-state index in [1.165, 1.54) is 18.2 Å². The molecule has 0 saturated carbocycles. The predicted octanol–water partition coefficient (Wildman–Crippen LogP) is 10.5. The standard InChI is InChI=1S/C30H33BrClN7O3.C23H28N6O4.C7H7BrClN/c1-3-24-20(27(36-19-10-12-42-13-11-19)21-17-35-39(4-2)28(21)38-24)16-34-30(41)26-7-5-6-25(37-26)29(40)33-15-18-8-9-23(32)22(31)14-18;1-3-17-15(12-24-22(30)18-6-5-7-19(27-18)23(31)32)20(26-14-8-10-33-11-9-14)16-13-25-29(4-2)21(16)28-17;8-6-3-5(4-10)1-2-7(6)9/h5-9,14,17,19H,3-4,10-13,15-16H2,1-2H3,(H,33,40)(H,34,41)(H,36,38);5-7,13-14H,3-4,8-12H2,1-2H3,(H,24,30)(H,26,28)(H,31,32);1-3H,4,10H2. The second-order valence-electron chi connectivity index (χ2n) is 19.9. The van der Waals surface area contributed by atoms with Crippen molar-refractivity contribution in [2.24, 2.45) is 5.73 Å². The van der Waals surface area contributed by atoms with E-state index in [4.69, 9.17) is 53.5 Å². The molecule has 2 saturated heterocycles. The van der Waals surface area contributed by atoms with Gasteiger partial charge in [-0.25, -0.2) is 34.1 Å². The van der Waals surface area contributed by atoms with Crippen LogP contribution in [-0.2, 0) is 61.6 Å². The lowest BCUT2D eigenvalue weighted by atomic mass is 10.0. The van der Waals surface area contributed by atoms with Gasteiger partial charge in [-0.2, -0.15) is 10.2 Å². The molecule has 448 valence electrons. The molecule has 2 aliphatic rings. The summed E-state index contributed by atoms with van der Waals surface area (Å²) in [6, 6.07) is 20.8. The summed E-state index contributed by atoms with van der Waals surface area (Å²) >= 11 is 18.5. The molecular weight excluding hydrogens is 1260 g/mol. The van der Waals surface area contributed by atoms with Crippen molar-refractivity contribution < 1.29 is 33.8 Å². The number of nitrogens with zero attached hydrogens (tertiary/aromatic N) is 8. The quantitative estimate of drug-likeness (QED) is 0.0396. The van der Waals surface area contributed by atoms with Gasteiger partial charge in [-0.05, 0) is 144 Å². The molecule has 3 amide bonds. The van der Waals surface area contributed by atoms with Crippen LogP contribution in [0.2, 0.25) is 10.0 Å². The number of carboxylic acids is 1. The number of rotatable bonds is 19.